The molecule has 0 saturated carbocycles. The molecule has 7 nitrogen and oxygen atoms in total. The molecule has 0 atom stereocenters. The maximum atomic E-state index is 10.8. The summed E-state index contributed by atoms with van der Waals surface area (Å²) in [6, 6.07) is 1.95. The molecule has 0 spiro atoms. The van der Waals surface area contributed by atoms with Crippen molar-refractivity contribution in [3.8, 4) is 0 Å². The molecule has 1 N–H and O–H groups in total. The van der Waals surface area contributed by atoms with Crippen LogP contribution in [0.15, 0.2) is 22.9 Å². The van der Waals surface area contributed by atoms with Crippen LogP contribution in [0.5, 0.6) is 0 Å². The summed E-state index contributed by atoms with van der Waals surface area (Å²) in [5, 5.41) is 18.1. The number of aromatic nitrogens is 3. The number of pyridine rings is 1. The van der Waals surface area contributed by atoms with Crippen LogP contribution >= 0.6 is 15.9 Å². The van der Waals surface area contributed by atoms with Gasteiger partial charge in [-0.3, -0.25) is 14.8 Å². The molecule has 0 saturated heterocycles. The first-order chi connectivity index (χ1) is 9.50. The molecule has 0 aromatic carbocycles. The number of hydrogen-bond donors (Lipinski definition) is 1. The third-order valence-corrected chi connectivity index (χ3v) is 4.00. The predicted octanol–water partition coefficient (Wildman–Crippen LogP) is 2.45. The monoisotopic (exact) mass is 339 g/mol. The van der Waals surface area contributed by atoms with Gasteiger partial charge in [-0.2, -0.15) is 5.10 Å². The molecule has 0 amide bonds. The summed E-state index contributed by atoms with van der Waals surface area (Å²) in [5.74, 6) is 0.607. The van der Waals surface area contributed by atoms with Crippen LogP contribution in [0.2, 0.25) is 0 Å². The molecule has 2 aromatic heterocycles. The van der Waals surface area contributed by atoms with Crippen molar-refractivity contribution in [1.82, 2.24) is 14.8 Å². The number of rotatable bonds is 5. The van der Waals surface area contributed by atoms with E-state index in [2.05, 4.69) is 31.3 Å². The van der Waals surface area contributed by atoms with Crippen LogP contribution in [0.4, 0.5) is 11.5 Å². The van der Waals surface area contributed by atoms with Gasteiger partial charge in [0, 0.05) is 37.5 Å². The highest BCUT2D eigenvalue weighted by atomic mass is 79.9. The van der Waals surface area contributed by atoms with Crippen molar-refractivity contribution in [3.63, 3.8) is 0 Å². The Morgan fingerprint density at radius 1 is 1.55 bits per heavy atom. The van der Waals surface area contributed by atoms with Gasteiger partial charge in [0.2, 0.25) is 0 Å². The lowest BCUT2D eigenvalue weighted by molar-refractivity contribution is -0.385. The second-order valence-electron chi connectivity index (χ2n) is 4.31. The Balaban J connectivity index is 2.05. The topological polar surface area (TPSA) is 85.9 Å². The largest absolute Gasteiger partial charge is 0.369 e. The first kappa shape index (κ1) is 14.4. The van der Waals surface area contributed by atoms with Gasteiger partial charge >= 0.3 is 0 Å². The van der Waals surface area contributed by atoms with Crippen LogP contribution in [0.3, 0.4) is 0 Å². The van der Waals surface area contributed by atoms with E-state index in [9.17, 15) is 10.1 Å². The van der Waals surface area contributed by atoms with Gasteiger partial charge in [0.05, 0.1) is 9.40 Å². The van der Waals surface area contributed by atoms with Crippen LogP contribution in [-0.2, 0) is 13.5 Å². The minimum atomic E-state index is -0.438. The molecule has 0 unspecified atom stereocenters. The Labute approximate surface area is 124 Å². The fourth-order valence-electron chi connectivity index (χ4n) is 1.83. The molecule has 0 fully saturated rings. The van der Waals surface area contributed by atoms with E-state index in [1.54, 1.807) is 13.1 Å². The average molecular weight is 340 g/mol. The third-order valence-electron chi connectivity index (χ3n) is 3.03. The van der Waals surface area contributed by atoms with Crippen molar-refractivity contribution in [2.45, 2.75) is 13.3 Å². The molecule has 0 aliphatic carbocycles. The Bertz CT molecular complexity index is 641. The van der Waals surface area contributed by atoms with Crippen LogP contribution in [0.1, 0.15) is 11.3 Å². The Morgan fingerprint density at radius 3 is 2.90 bits per heavy atom. The number of nitrogens with one attached hydrogen (secondary N) is 1. The molecule has 2 aromatic rings. The lowest BCUT2D eigenvalue weighted by atomic mass is 10.2. The fraction of sp³-hybridized carbons (Fsp3) is 0.333. The van der Waals surface area contributed by atoms with Crippen LogP contribution in [-0.4, -0.2) is 26.2 Å². The zero-order valence-electron chi connectivity index (χ0n) is 11.1. The summed E-state index contributed by atoms with van der Waals surface area (Å²) < 4.78 is 2.43. The Kier molecular flexibility index (Phi) is 4.33. The molecule has 106 valence electrons. The number of hydrogen-bond acceptors (Lipinski definition) is 5. The van der Waals surface area contributed by atoms with Gasteiger partial charge in [0.15, 0.2) is 0 Å². The second-order valence-corrected chi connectivity index (χ2v) is 5.10. The van der Waals surface area contributed by atoms with E-state index in [4.69, 9.17) is 0 Å². The average Bonchev–Trinajstić information content (AvgIpc) is 2.80. The second kappa shape index (κ2) is 6.00. The van der Waals surface area contributed by atoms with Crippen molar-refractivity contribution in [1.29, 1.82) is 0 Å². The minimum Gasteiger partial charge on any atom is -0.369 e. The van der Waals surface area contributed by atoms with Crippen molar-refractivity contribution in [3.05, 3.63) is 44.3 Å². The minimum absolute atomic E-state index is 0.00839. The molecular formula is C12H14BrN5O2. The van der Waals surface area contributed by atoms with E-state index in [1.807, 2.05) is 17.8 Å². The fourth-order valence-corrected chi connectivity index (χ4v) is 2.28. The molecule has 0 radical (unpaired) electrons. The SMILES string of the molecule is Cc1c([N+](=O)[O-])cnc(NCCc2ccnn2C)c1Br. The summed E-state index contributed by atoms with van der Waals surface area (Å²) in [4.78, 5) is 14.4. The van der Waals surface area contributed by atoms with Gasteiger partial charge < -0.3 is 5.32 Å². The van der Waals surface area contributed by atoms with Crippen molar-refractivity contribution in [2.75, 3.05) is 11.9 Å². The van der Waals surface area contributed by atoms with E-state index in [-0.39, 0.29) is 5.69 Å². The standard InChI is InChI=1S/C12H14BrN5O2/c1-8-10(18(19)20)7-15-12(11(8)13)14-5-3-9-4-6-16-17(9)2/h4,6-7H,3,5H2,1-2H3,(H,14,15). The predicted molar refractivity (Wildman–Crippen MR) is 78.7 cm³/mol. The highest BCUT2D eigenvalue weighted by Crippen LogP contribution is 2.30. The molecular weight excluding hydrogens is 326 g/mol. The zero-order valence-corrected chi connectivity index (χ0v) is 12.7. The van der Waals surface area contributed by atoms with Gasteiger partial charge in [0.1, 0.15) is 12.0 Å². The van der Waals surface area contributed by atoms with Crippen molar-refractivity contribution < 1.29 is 4.92 Å². The van der Waals surface area contributed by atoms with Crippen LogP contribution in [0.25, 0.3) is 0 Å². The van der Waals surface area contributed by atoms with Gasteiger partial charge in [-0.1, -0.05) is 0 Å². The first-order valence-corrected chi connectivity index (χ1v) is 6.80. The Hall–Kier alpha value is -1.96. The van der Waals surface area contributed by atoms with Gasteiger partial charge in [-0.05, 0) is 28.9 Å². The van der Waals surface area contributed by atoms with E-state index in [0.29, 0.717) is 22.4 Å². The third kappa shape index (κ3) is 2.96. The van der Waals surface area contributed by atoms with Gasteiger partial charge in [-0.15, -0.1) is 0 Å². The summed E-state index contributed by atoms with van der Waals surface area (Å²) in [7, 11) is 1.89. The molecule has 0 aliphatic heterocycles. The summed E-state index contributed by atoms with van der Waals surface area (Å²) in [6.07, 6.45) is 3.81. The molecule has 8 heteroatoms. The number of nitro groups is 1. The Morgan fingerprint density at radius 2 is 2.30 bits per heavy atom. The summed E-state index contributed by atoms with van der Waals surface area (Å²) >= 11 is 3.35. The molecule has 0 aliphatic rings. The normalized spacial score (nSPS) is 10.6. The van der Waals surface area contributed by atoms with E-state index < -0.39 is 4.92 Å². The zero-order chi connectivity index (χ0) is 14.7. The first-order valence-electron chi connectivity index (χ1n) is 6.01. The van der Waals surface area contributed by atoms with E-state index in [0.717, 1.165) is 12.1 Å². The lowest BCUT2D eigenvalue weighted by Crippen LogP contribution is -2.10. The summed E-state index contributed by atoms with van der Waals surface area (Å²) in [6.45, 7) is 2.36. The quantitative estimate of drug-likeness (QED) is 0.667. The molecule has 2 heterocycles. The molecule has 0 bridgehead atoms. The van der Waals surface area contributed by atoms with E-state index in [1.165, 1.54) is 6.20 Å². The molecule has 2 rings (SSSR count). The molecule has 20 heavy (non-hydrogen) atoms. The van der Waals surface area contributed by atoms with Crippen LogP contribution < -0.4 is 5.32 Å². The van der Waals surface area contributed by atoms with Crippen molar-refractivity contribution in [2.24, 2.45) is 7.05 Å². The maximum absolute atomic E-state index is 10.8. The van der Waals surface area contributed by atoms with Gasteiger partial charge in [0.25, 0.3) is 5.69 Å². The van der Waals surface area contributed by atoms with Gasteiger partial charge in [-0.25, -0.2) is 4.98 Å². The van der Waals surface area contributed by atoms with Crippen LogP contribution in [0, 0.1) is 17.0 Å². The highest BCUT2D eigenvalue weighted by molar-refractivity contribution is 9.10. The number of anilines is 1. The lowest BCUT2D eigenvalue weighted by Gasteiger charge is -2.09. The summed E-state index contributed by atoms with van der Waals surface area (Å²) in [5.41, 5.74) is 1.68. The van der Waals surface area contributed by atoms with E-state index >= 15 is 0 Å². The highest BCUT2D eigenvalue weighted by Gasteiger charge is 2.16. The number of nitrogens with zero attached hydrogens (tertiary/aromatic N) is 4. The number of halogens is 1. The number of aryl methyl sites for hydroxylation is 1. The smallest absolute Gasteiger partial charge is 0.291 e. The maximum Gasteiger partial charge on any atom is 0.291 e. The van der Waals surface area contributed by atoms with Crippen molar-refractivity contribution >= 4 is 27.4 Å².